The van der Waals surface area contributed by atoms with Crippen LogP contribution in [0.3, 0.4) is 0 Å². The largest absolute Gasteiger partial charge is 0.385 e. The fourth-order valence-corrected chi connectivity index (χ4v) is 5.25. The molecular weight excluding hydrogens is 496 g/mol. The van der Waals surface area contributed by atoms with Gasteiger partial charge >= 0.3 is 0 Å². The van der Waals surface area contributed by atoms with Gasteiger partial charge in [0.1, 0.15) is 12.2 Å². The fraction of sp³-hybridized carbons (Fsp3) is 0.250. The van der Waals surface area contributed by atoms with E-state index in [9.17, 15) is 13.5 Å². The number of aliphatic hydroxyl groups excluding tert-OH is 1. The second kappa shape index (κ2) is 13.5. The van der Waals surface area contributed by atoms with Crippen molar-refractivity contribution in [3.05, 3.63) is 138 Å². The fourth-order valence-electron chi connectivity index (χ4n) is 4.33. The Hall–Kier alpha value is -3.29. The highest BCUT2D eigenvalue weighted by atomic mass is 32.2. The third-order valence-corrected chi connectivity index (χ3v) is 7.81. The molecule has 0 aromatic heterocycles. The summed E-state index contributed by atoms with van der Waals surface area (Å²) in [6.45, 7) is 1.87. The zero-order valence-corrected chi connectivity index (χ0v) is 22.3. The first-order valence-corrected chi connectivity index (χ1v) is 14.3. The van der Waals surface area contributed by atoms with Crippen LogP contribution in [0.2, 0.25) is 0 Å². The Morgan fingerprint density at radius 2 is 1.26 bits per heavy atom. The van der Waals surface area contributed by atoms with E-state index >= 15 is 0 Å². The van der Waals surface area contributed by atoms with Gasteiger partial charge in [-0.3, -0.25) is 4.18 Å². The lowest BCUT2D eigenvalue weighted by Gasteiger charge is -2.29. The molecule has 4 aromatic carbocycles. The van der Waals surface area contributed by atoms with Crippen molar-refractivity contribution in [1.82, 2.24) is 0 Å². The molecule has 6 heteroatoms. The molecule has 0 saturated heterocycles. The van der Waals surface area contributed by atoms with E-state index in [0.29, 0.717) is 12.8 Å². The molecule has 0 bridgehead atoms. The molecule has 5 nitrogen and oxygen atoms in total. The predicted molar refractivity (Wildman–Crippen MR) is 149 cm³/mol. The lowest BCUT2D eigenvalue weighted by Crippen LogP contribution is -2.24. The average molecular weight is 531 g/mol. The summed E-state index contributed by atoms with van der Waals surface area (Å²) in [6.07, 6.45) is -0.139. The predicted octanol–water partition coefficient (Wildman–Crippen LogP) is 6.58. The van der Waals surface area contributed by atoms with Crippen LogP contribution in [0.25, 0.3) is 0 Å². The standard InChI is InChI=1S/C32H34O5S/c1-25-17-21-30(22-18-25)38(34,35)36-24-23-29(20-19-26-11-5-2-6-12-26)37-32(28-15-9-4-10-16-28)31(33)27-13-7-3-8-14-27/h2-18,21-22,29,31-33H,19-20,23-24H2,1H3/t29?,31-,32-/m1/s1. The third-order valence-electron chi connectivity index (χ3n) is 6.48. The third kappa shape index (κ3) is 7.85. The highest BCUT2D eigenvalue weighted by Gasteiger charge is 2.27. The first-order valence-electron chi connectivity index (χ1n) is 12.9. The van der Waals surface area contributed by atoms with Crippen molar-refractivity contribution < 1.29 is 22.4 Å². The van der Waals surface area contributed by atoms with E-state index in [-0.39, 0.29) is 17.6 Å². The molecule has 0 aliphatic rings. The quantitative estimate of drug-likeness (QED) is 0.198. The molecule has 0 aliphatic heterocycles. The second-order valence-corrected chi connectivity index (χ2v) is 11.0. The zero-order valence-electron chi connectivity index (χ0n) is 21.5. The summed E-state index contributed by atoms with van der Waals surface area (Å²) in [4.78, 5) is 0.131. The maximum Gasteiger partial charge on any atom is 0.296 e. The molecule has 0 radical (unpaired) electrons. The number of aryl methyl sites for hydroxylation is 2. The van der Waals surface area contributed by atoms with Crippen LogP contribution in [0, 0.1) is 6.92 Å². The van der Waals surface area contributed by atoms with E-state index in [0.717, 1.165) is 28.7 Å². The normalized spacial score (nSPS) is 14.1. The molecule has 0 fully saturated rings. The van der Waals surface area contributed by atoms with Crippen molar-refractivity contribution in [2.24, 2.45) is 0 Å². The van der Waals surface area contributed by atoms with Crippen molar-refractivity contribution in [2.75, 3.05) is 6.61 Å². The molecule has 0 amide bonds. The van der Waals surface area contributed by atoms with Crippen LogP contribution in [-0.2, 0) is 25.5 Å². The van der Waals surface area contributed by atoms with E-state index in [1.807, 2.05) is 85.8 Å². The molecule has 3 atom stereocenters. The number of hydrogen-bond acceptors (Lipinski definition) is 5. The number of benzene rings is 4. The number of hydrogen-bond donors (Lipinski definition) is 1. The van der Waals surface area contributed by atoms with Gasteiger partial charge in [-0.05, 0) is 55.0 Å². The van der Waals surface area contributed by atoms with Gasteiger partial charge < -0.3 is 9.84 Å². The summed E-state index contributed by atoms with van der Waals surface area (Å²) < 4.78 is 37.5. The minimum atomic E-state index is -3.88. The Kier molecular flexibility index (Phi) is 9.85. The van der Waals surface area contributed by atoms with Gasteiger partial charge in [0.15, 0.2) is 0 Å². The summed E-state index contributed by atoms with van der Waals surface area (Å²) in [6, 6.07) is 35.7. The van der Waals surface area contributed by atoms with E-state index < -0.39 is 22.3 Å². The van der Waals surface area contributed by atoms with Crippen molar-refractivity contribution in [1.29, 1.82) is 0 Å². The highest BCUT2D eigenvalue weighted by molar-refractivity contribution is 7.86. The van der Waals surface area contributed by atoms with E-state index in [2.05, 4.69) is 12.1 Å². The van der Waals surface area contributed by atoms with E-state index in [4.69, 9.17) is 8.92 Å². The molecular formula is C32H34O5S. The van der Waals surface area contributed by atoms with Crippen LogP contribution in [0.4, 0.5) is 0 Å². The Bertz CT molecular complexity index is 1340. The van der Waals surface area contributed by atoms with Crippen LogP contribution in [0.1, 0.15) is 47.3 Å². The average Bonchev–Trinajstić information content (AvgIpc) is 2.95. The van der Waals surface area contributed by atoms with E-state index in [1.54, 1.807) is 24.3 Å². The molecule has 1 unspecified atom stereocenters. The smallest absolute Gasteiger partial charge is 0.296 e. The highest BCUT2D eigenvalue weighted by Crippen LogP contribution is 2.34. The summed E-state index contributed by atoms with van der Waals surface area (Å²) in [5.41, 5.74) is 3.74. The molecule has 0 aliphatic carbocycles. The van der Waals surface area contributed by atoms with Crippen molar-refractivity contribution in [2.45, 2.75) is 49.4 Å². The lowest BCUT2D eigenvalue weighted by molar-refractivity contribution is -0.0884. The van der Waals surface area contributed by atoms with Gasteiger partial charge in [-0.25, -0.2) is 0 Å². The van der Waals surface area contributed by atoms with E-state index in [1.165, 1.54) is 0 Å². The first-order chi connectivity index (χ1) is 18.4. The van der Waals surface area contributed by atoms with Gasteiger partial charge in [-0.1, -0.05) is 109 Å². The number of aliphatic hydroxyl groups is 1. The minimum absolute atomic E-state index is 0.0292. The van der Waals surface area contributed by atoms with Crippen LogP contribution in [-0.4, -0.2) is 26.2 Å². The summed E-state index contributed by atoms with van der Waals surface area (Å²) in [5, 5.41) is 11.3. The molecule has 4 rings (SSSR count). The van der Waals surface area contributed by atoms with Crippen LogP contribution < -0.4 is 0 Å². The summed E-state index contributed by atoms with van der Waals surface area (Å²) >= 11 is 0. The molecule has 0 heterocycles. The van der Waals surface area contributed by atoms with Crippen LogP contribution in [0.5, 0.6) is 0 Å². The topological polar surface area (TPSA) is 72.8 Å². The van der Waals surface area contributed by atoms with Gasteiger partial charge in [-0.2, -0.15) is 8.42 Å². The molecule has 1 N–H and O–H groups in total. The molecule has 38 heavy (non-hydrogen) atoms. The number of rotatable bonds is 13. The second-order valence-electron chi connectivity index (χ2n) is 9.35. The maximum absolute atomic E-state index is 12.7. The van der Waals surface area contributed by atoms with Crippen molar-refractivity contribution in [3.63, 3.8) is 0 Å². The minimum Gasteiger partial charge on any atom is -0.385 e. The van der Waals surface area contributed by atoms with Crippen molar-refractivity contribution in [3.8, 4) is 0 Å². The lowest BCUT2D eigenvalue weighted by atomic mass is 9.97. The van der Waals surface area contributed by atoms with Gasteiger partial charge in [0, 0.05) is 0 Å². The van der Waals surface area contributed by atoms with Gasteiger partial charge in [-0.15, -0.1) is 0 Å². The summed E-state index contributed by atoms with van der Waals surface area (Å²) in [7, 11) is -3.88. The SMILES string of the molecule is Cc1ccc(S(=O)(=O)OCCC(CCc2ccccc2)O[C@H](c2ccccc2)[C@H](O)c2ccccc2)cc1. The monoisotopic (exact) mass is 530 g/mol. The van der Waals surface area contributed by atoms with Crippen LogP contribution in [0.15, 0.2) is 120 Å². The molecule has 198 valence electrons. The number of ether oxygens (including phenoxy) is 1. The van der Waals surface area contributed by atoms with Crippen molar-refractivity contribution >= 4 is 10.1 Å². The van der Waals surface area contributed by atoms with Gasteiger partial charge in [0.2, 0.25) is 0 Å². The Balaban J connectivity index is 1.52. The molecule has 0 spiro atoms. The zero-order chi connectivity index (χ0) is 26.8. The van der Waals surface area contributed by atoms with Crippen LogP contribution >= 0.6 is 0 Å². The Labute approximate surface area is 225 Å². The van der Waals surface area contributed by atoms with Gasteiger partial charge in [0.25, 0.3) is 10.1 Å². The Morgan fingerprint density at radius 3 is 1.87 bits per heavy atom. The Morgan fingerprint density at radius 1 is 0.711 bits per heavy atom. The maximum atomic E-state index is 12.7. The molecule has 0 saturated carbocycles. The molecule has 4 aromatic rings. The first kappa shape index (κ1) is 27.7. The van der Waals surface area contributed by atoms with Gasteiger partial charge in [0.05, 0.1) is 17.6 Å². The summed E-state index contributed by atoms with van der Waals surface area (Å²) in [5.74, 6) is 0.